The summed E-state index contributed by atoms with van der Waals surface area (Å²) in [5.41, 5.74) is 4.18. The SMILES string of the molecule is Cc1nn(C)c(C)c1C(C)N1CC2CNCC2C1(C)C. The van der Waals surface area contributed by atoms with Crippen molar-refractivity contribution < 1.29 is 0 Å². The van der Waals surface area contributed by atoms with Crippen LogP contribution in [0, 0.1) is 25.7 Å². The van der Waals surface area contributed by atoms with Crippen LogP contribution in [-0.4, -0.2) is 39.9 Å². The monoisotopic (exact) mass is 276 g/mol. The summed E-state index contributed by atoms with van der Waals surface area (Å²) in [5, 5.41) is 8.16. The Labute approximate surface area is 122 Å². The van der Waals surface area contributed by atoms with Gasteiger partial charge in [0.05, 0.1) is 5.69 Å². The molecule has 0 aromatic carbocycles. The number of nitrogens with zero attached hydrogens (tertiary/aromatic N) is 3. The zero-order valence-corrected chi connectivity index (χ0v) is 13.7. The number of likely N-dealkylation sites (tertiary alicyclic amines) is 1. The van der Waals surface area contributed by atoms with Crippen molar-refractivity contribution in [2.24, 2.45) is 18.9 Å². The van der Waals surface area contributed by atoms with Gasteiger partial charge in [0.25, 0.3) is 0 Å². The summed E-state index contributed by atoms with van der Waals surface area (Å²) >= 11 is 0. The van der Waals surface area contributed by atoms with Crippen molar-refractivity contribution in [1.29, 1.82) is 0 Å². The molecule has 0 saturated carbocycles. The molecule has 2 aliphatic rings. The Morgan fingerprint density at radius 2 is 2.00 bits per heavy atom. The van der Waals surface area contributed by atoms with Crippen molar-refractivity contribution in [3.05, 3.63) is 17.0 Å². The van der Waals surface area contributed by atoms with Gasteiger partial charge < -0.3 is 5.32 Å². The highest BCUT2D eigenvalue weighted by Gasteiger charge is 2.51. The van der Waals surface area contributed by atoms with E-state index in [-0.39, 0.29) is 5.54 Å². The summed E-state index contributed by atoms with van der Waals surface area (Å²) < 4.78 is 2.02. The molecule has 3 rings (SSSR count). The fraction of sp³-hybridized carbons (Fsp3) is 0.812. The molecule has 3 heterocycles. The summed E-state index contributed by atoms with van der Waals surface area (Å²) in [6, 6.07) is 0.448. The molecule has 0 amide bonds. The number of aromatic nitrogens is 2. The summed E-state index contributed by atoms with van der Waals surface area (Å²) in [5.74, 6) is 1.59. The van der Waals surface area contributed by atoms with E-state index >= 15 is 0 Å². The maximum Gasteiger partial charge on any atom is 0.0644 e. The first kappa shape index (κ1) is 14.1. The van der Waals surface area contributed by atoms with Gasteiger partial charge in [0.1, 0.15) is 0 Å². The molecule has 0 radical (unpaired) electrons. The molecule has 20 heavy (non-hydrogen) atoms. The molecule has 1 aromatic rings. The van der Waals surface area contributed by atoms with Crippen LogP contribution in [0.1, 0.15) is 43.8 Å². The van der Waals surface area contributed by atoms with E-state index < -0.39 is 0 Å². The molecule has 2 fully saturated rings. The molecule has 3 unspecified atom stereocenters. The third-order valence-electron chi connectivity index (χ3n) is 5.87. The quantitative estimate of drug-likeness (QED) is 0.897. The fourth-order valence-electron chi connectivity index (χ4n) is 4.66. The van der Waals surface area contributed by atoms with Crippen LogP contribution < -0.4 is 5.32 Å². The Kier molecular flexibility index (Phi) is 3.22. The lowest BCUT2D eigenvalue weighted by molar-refractivity contribution is 0.0964. The van der Waals surface area contributed by atoms with Crippen molar-refractivity contribution in [3.63, 3.8) is 0 Å². The van der Waals surface area contributed by atoms with Gasteiger partial charge in [-0.25, -0.2) is 0 Å². The Hall–Kier alpha value is -0.870. The van der Waals surface area contributed by atoms with Crippen LogP contribution in [0.5, 0.6) is 0 Å². The van der Waals surface area contributed by atoms with Gasteiger partial charge in [0, 0.05) is 43.0 Å². The maximum absolute atomic E-state index is 4.60. The highest BCUT2D eigenvalue weighted by molar-refractivity contribution is 5.29. The largest absolute Gasteiger partial charge is 0.316 e. The third-order valence-corrected chi connectivity index (χ3v) is 5.87. The number of fused-ring (bicyclic) bond motifs is 1. The molecule has 4 heteroatoms. The van der Waals surface area contributed by atoms with Crippen LogP contribution in [-0.2, 0) is 7.05 Å². The highest BCUT2D eigenvalue weighted by Crippen LogP contribution is 2.45. The molecule has 1 aromatic heterocycles. The van der Waals surface area contributed by atoms with E-state index in [1.54, 1.807) is 0 Å². The minimum Gasteiger partial charge on any atom is -0.316 e. The second-order valence-electron chi connectivity index (χ2n) is 7.21. The Bertz CT molecular complexity index is 517. The minimum absolute atomic E-state index is 0.266. The second-order valence-corrected chi connectivity index (χ2v) is 7.21. The van der Waals surface area contributed by atoms with Gasteiger partial charge in [-0.2, -0.15) is 5.10 Å². The van der Waals surface area contributed by atoms with Gasteiger partial charge >= 0.3 is 0 Å². The summed E-state index contributed by atoms with van der Waals surface area (Å²) in [6.07, 6.45) is 0. The first-order valence-corrected chi connectivity index (χ1v) is 7.81. The summed E-state index contributed by atoms with van der Waals surface area (Å²) in [4.78, 5) is 2.71. The van der Waals surface area contributed by atoms with Crippen molar-refractivity contribution in [2.75, 3.05) is 19.6 Å². The molecule has 0 bridgehead atoms. The zero-order chi connectivity index (χ0) is 14.7. The first-order valence-electron chi connectivity index (χ1n) is 7.81. The average Bonchev–Trinajstić information content (AvgIpc) is 2.97. The van der Waals surface area contributed by atoms with Crippen molar-refractivity contribution in [3.8, 4) is 0 Å². The topological polar surface area (TPSA) is 33.1 Å². The predicted octanol–water partition coefficient (Wildman–Crippen LogP) is 2.03. The number of rotatable bonds is 2. The molecule has 3 atom stereocenters. The number of aryl methyl sites for hydroxylation is 2. The van der Waals surface area contributed by atoms with Crippen LogP contribution in [0.15, 0.2) is 0 Å². The minimum atomic E-state index is 0.266. The molecule has 1 N–H and O–H groups in total. The molecule has 0 aliphatic carbocycles. The Morgan fingerprint density at radius 3 is 2.55 bits per heavy atom. The van der Waals surface area contributed by atoms with Crippen LogP contribution >= 0.6 is 0 Å². The van der Waals surface area contributed by atoms with Crippen molar-refractivity contribution in [1.82, 2.24) is 20.0 Å². The molecular weight excluding hydrogens is 248 g/mol. The first-order chi connectivity index (χ1) is 9.34. The molecule has 112 valence electrons. The lowest BCUT2D eigenvalue weighted by atomic mass is 9.84. The van der Waals surface area contributed by atoms with Crippen molar-refractivity contribution >= 4 is 0 Å². The van der Waals surface area contributed by atoms with E-state index in [1.807, 2.05) is 11.7 Å². The third kappa shape index (κ3) is 1.85. The standard InChI is InChI=1S/C16H28N4/c1-10-15(11(2)19(6)18-10)12(3)20-9-13-7-17-8-14(13)16(20,4)5/h12-14,17H,7-9H2,1-6H3. The van der Waals surface area contributed by atoms with Gasteiger partial charge in [-0.15, -0.1) is 0 Å². The van der Waals surface area contributed by atoms with Crippen molar-refractivity contribution in [2.45, 2.75) is 46.2 Å². The smallest absolute Gasteiger partial charge is 0.0644 e. The summed E-state index contributed by atoms with van der Waals surface area (Å²) in [6.45, 7) is 15.1. The fourth-order valence-corrected chi connectivity index (χ4v) is 4.66. The molecular formula is C16H28N4. The van der Waals surface area contributed by atoms with E-state index in [0.29, 0.717) is 6.04 Å². The van der Waals surface area contributed by atoms with Gasteiger partial charge in [0.2, 0.25) is 0 Å². The maximum atomic E-state index is 4.60. The van der Waals surface area contributed by atoms with Gasteiger partial charge in [-0.1, -0.05) is 0 Å². The highest BCUT2D eigenvalue weighted by atomic mass is 15.3. The molecule has 2 saturated heterocycles. The van der Waals surface area contributed by atoms with E-state index in [0.717, 1.165) is 11.8 Å². The van der Waals surface area contributed by atoms with Gasteiger partial charge in [-0.05, 0) is 53.0 Å². The van der Waals surface area contributed by atoms with Crippen LogP contribution in [0.2, 0.25) is 0 Å². The molecule has 2 aliphatic heterocycles. The average molecular weight is 276 g/mol. The number of hydrogen-bond acceptors (Lipinski definition) is 3. The van der Waals surface area contributed by atoms with Crippen LogP contribution in [0.25, 0.3) is 0 Å². The number of hydrogen-bond donors (Lipinski definition) is 1. The molecule has 0 spiro atoms. The Balaban J connectivity index is 1.93. The lowest BCUT2D eigenvalue weighted by Crippen LogP contribution is -2.45. The molecule has 4 nitrogen and oxygen atoms in total. The van der Waals surface area contributed by atoms with E-state index in [1.165, 1.54) is 36.6 Å². The van der Waals surface area contributed by atoms with E-state index in [9.17, 15) is 0 Å². The zero-order valence-electron chi connectivity index (χ0n) is 13.7. The normalized spacial score (nSPS) is 30.7. The van der Waals surface area contributed by atoms with Crippen LogP contribution in [0.4, 0.5) is 0 Å². The second kappa shape index (κ2) is 4.57. The predicted molar refractivity (Wildman–Crippen MR) is 81.7 cm³/mol. The number of nitrogens with one attached hydrogen (secondary N) is 1. The van der Waals surface area contributed by atoms with Gasteiger partial charge in [-0.3, -0.25) is 9.58 Å². The Morgan fingerprint density at radius 1 is 1.30 bits per heavy atom. The van der Waals surface area contributed by atoms with Gasteiger partial charge in [0.15, 0.2) is 0 Å². The van der Waals surface area contributed by atoms with Crippen LogP contribution in [0.3, 0.4) is 0 Å². The van der Waals surface area contributed by atoms with E-state index in [2.05, 4.69) is 49.9 Å². The lowest BCUT2D eigenvalue weighted by Gasteiger charge is -2.40. The van der Waals surface area contributed by atoms with E-state index in [4.69, 9.17) is 0 Å². The summed E-state index contributed by atoms with van der Waals surface area (Å²) in [7, 11) is 2.05.